The molecule has 5 N–H and O–H groups in total. The standard InChI is InChI=1S/C34H38N4O7/c1-21(2)16-29(33(42)43)38-32(41)28(17-22-10-4-3-5-11-22)37-31(40)19-35-30(39)18-36-34(44)45-20-27-25-14-8-6-12-23(25)24-13-7-9-15-26(24)27/h3-15,21,27-29H,16-20H2,1-2H3,(H,35,39)(H,36,44)(H,37,40)(H,38,41)(H,42,43)/t28-,29-/m0/s1. The van der Waals surface area contributed by atoms with Crippen LogP contribution in [0.25, 0.3) is 11.1 Å². The van der Waals surface area contributed by atoms with Gasteiger partial charge in [-0.2, -0.15) is 0 Å². The fraction of sp³-hybridized carbons (Fsp3) is 0.324. The number of ether oxygens (including phenoxy) is 1. The Morgan fingerprint density at radius 2 is 1.31 bits per heavy atom. The van der Waals surface area contributed by atoms with Gasteiger partial charge in [0.2, 0.25) is 17.7 Å². The van der Waals surface area contributed by atoms with Gasteiger partial charge in [-0.05, 0) is 40.2 Å². The van der Waals surface area contributed by atoms with E-state index in [1.165, 1.54) is 0 Å². The van der Waals surface area contributed by atoms with Gasteiger partial charge >= 0.3 is 12.1 Å². The molecule has 1 aliphatic carbocycles. The topological polar surface area (TPSA) is 163 Å². The lowest BCUT2D eigenvalue weighted by Gasteiger charge is -2.22. The van der Waals surface area contributed by atoms with Crippen LogP contribution in [0, 0.1) is 5.92 Å². The average molecular weight is 615 g/mol. The number of carboxylic acid groups (broad SMARTS) is 1. The number of nitrogens with one attached hydrogen (secondary N) is 4. The molecule has 0 aliphatic heterocycles. The van der Waals surface area contributed by atoms with Gasteiger partial charge in [0.15, 0.2) is 0 Å². The van der Waals surface area contributed by atoms with Crippen LogP contribution in [0.4, 0.5) is 4.79 Å². The number of carboxylic acids is 1. The summed E-state index contributed by atoms with van der Waals surface area (Å²) in [4.78, 5) is 62.2. The van der Waals surface area contributed by atoms with Crippen molar-refractivity contribution >= 4 is 29.8 Å². The van der Waals surface area contributed by atoms with Gasteiger partial charge in [0.25, 0.3) is 0 Å². The normalized spacial score (nSPS) is 13.1. The van der Waals surface area contributed by atoms with Crippen molar-refractivity contribution in [1.29, 1.82) is 0 Å². The molecule has 4 rings (SSSR count). The molecule has 0 aromatic heterocycles. The maximum atomic E-state index is 13.1. The molecule has 0 radical (unpaired) electrons. The molecule has 0 spiro atoms. The minimum Gasteiger partial charge on any atom is -0.480 e. The molecule has 11 nitrogen and oxygen atoms in total. The summed E-state index contributed by atoms with van der Waals surface area (Å²) >= 11 is 0. The number of carbonyl (C=O) groups excluding carboxylic acids is 4. The smallest absolute Gasteiger partial charge is 0.407 e. The summed E-state index contributed by atoms with van der Waals surface area (Å²) < 4.78 is 5.43. The van der Waals surface area contributed by atoms with Crippen molar-refractivity contribution in [3.63, 3.8) is 0 Å². The van der Waals surface area contributed by atoms with Gasteiger partial charge in [-0.25, -0.2) is 9.59 Å². The van der Waals surface area contributed by atoms with Crippen LogP contribution >= 0.6 is 0 Å². The highest BCUT2D eigenvalue weighted by Crippen LogP contribution is 2.44. The molecule has 0 saturated heterocycles. The number of hydrogen-bond acceptors (Lipinski definition) is 6. The fourth-order valence-electron chi connectivity index (χ4n) is 5.31. The molecule has 236 valence electrons. The molecule has 2 atom stereocenters. The number of carbonyl (C=O) groups is 5. The van der Waals surface area contributed by atoms with Crippen molar-refractivity contribution in [3.05, 3.63) is 95.6 Å². The van der Waals surface area contributed by atoms with Crippen molar-refractivity contribution < 1.29 is 33.8 Å². The monoisotopic (exact) mass is 614 g/mol. The lowest BCUT2D eigenvalue weighted by atomic mass is 9.98. The maximum Gasteiger partial charge on any atom is 0.407 e. The molecule has 0 unspecified atom stereocenters. The second-order valence-electron chi connectivity index (χ2n) is 11.3. The number of fused-ring (bicyclic) bond motifs is 3. The molecule has 3 aromatic rings. The third-order valence-corrected chi connectivity index (χ3v) is 7.44. The van der Waals surface area contributed by atoms with E-state index in [2.05, 4.69) is 21.3 Å². The first kappa shape index (κ1) is 32.7. The van der Waals surface area contributed by atoms with E-state index in [0.717, 1.165) is 27.8 Å². The molecule has 1 aliphatic rings. The molecular weight excluding hydrogens is 576 g/mol. The van der Waals surface area contributed by atoms with E-state index in [1.54, 1.807) is 24.3 Å². The molecule has 45 heavy (non-hydrogen) atoms. The summed E-state index contributed by atoms with van der Waals surface area (Å²) in [5.41, 5.74) is 5.08. The number of aliphatic carboxylic acids is 1. The van der Waals surface area contributed by atoms with E-state index >= 15 is 0 Å². The zero-order chi connectivity index (χ0) is 32.3. The molecule has 0 saturated carbocycles. The van der Waals surface area contributed by atoms with Crippen molar-refractivity contribution in [2.24, 2.45) is 5.92 Å². The number of benzene rings is 3. The van der Waals surface area contributed by atoms with Crippen LogP contribution in [0.1, 0.15) is 42.9 Å². The molecule has 3 aromatic carbocycles. The molecular formula is C34H38N4O7. The van der Waals surface area contributed by atoms with Crippen LogP contribution in [0.3, 0.4) is 0 Å². The predicted molar refractivity (Wildman–Crippen MR) is 167 cm³/mol. The lowest BCUT2D eigenvalue weighted by molar-refractivity contribution is -0.142. The molecule has 0 fully saturated rings. The Balaban J connectivity index is 1.25. The first-order valence-electron chi connectivity index (χ1n) is 14.8. The Hall–Kier alpha value is -5.19. The summed E-state index contributed by atoms with van der Waals surface area (Å²) in [5, 5.41) is 19.4. The quantitative estimate of drug-likeness (QED) is 0.186. The van der Waals surface area contributed by atoms with Crippen LogP contribution in [0.15, 0.2) is 78.9 Å². The van der Waals surface area contributed by atoms with Crippen molar-refractivity contribution in [2.45, 2.75) is 44.7 Å². The molecule has 11 heteroatoms. The Bertz CT molecular complexity index is 1480. The van der Waals surface area contributed by atoms with Crippen molar-refractivity contribution in [3.8, 4) is 11.1 Å². The maximum absolute atomic E-state index is 13.1. The van der Waals surface area contributed by atoms with E-state index in [9.17, 15) is 29.1 Å². The summed E-state index contributed by atoms with van der Waals surface area (Å²) in [6.07, 6.45) is -0.436. The van der Waals surface area contributed by atoms with Crippen LogP contribution in [-0.4, -0.2) is 66.7 Å². The van der Waals surface area contributed by atoms with E-state index in [-0.39, 0.29) is 31.3 Å². The van der Waals surface area contributed by atoms with Crippen LogP contribution in [-0.2, 0) is 30.3 Å². The van der Waals surface area contributed by atoms with Gasteiger partial charge in [-0.1, -0.05) is 92.7 Å². The number of amides is 4. The molecule has 0 bridgehead atoms. The summed E-state index contributed by atoms with van der Waals surface area (Å²) in [5.74, 6) is -3.22. The number of hydrogen-bond donors (Lipinski definition) is 5. The third-order valence-electron chi connectivity index (χ3n) is 7.44. The van der Waals surface area contributed by atoms with Crippen LogP contribution in [0.2, 0.25) is 0 Å². The van der Waals surface area contributed by atoms with Crippen LogP contribution in [0.5, 0.6) is 0 Å². The lowest BCUT2D eigenvalue weighted by Crippen LogP contribution is -2.54. The first-order chi connectivity index (χ1) is 21.6. The van der Waals surface area contributed by atoms with Gasteiger partial charge in [0.1, 0.15) is 25.2 Å². The average Bonchev–Trinajstić information content (AvgIpc) is 3.34. The molecule has 4 amide bonds. The van der Waals surface area contributed by atoms with Gasteiger partial charge in [-0.15, -0.1) is 0 Å². The highest BCUT2D eigenvalue weighted by atomic mass is 16.5. The predicted octanol–water partition coefficient (Wildman–Crippen LogP) is 2.98. The zero-order valence-electron chi connectivity index (χ0n) is 25.2. The number of alkyl carbamates (subject to hydrolysis) is 1. The number of rotatable bonds is 14. The van der Waals surface area contributed by atoms with Gasteiger partial charge in [0, 0.05) is 12.3 Å². The van der Waals surface area contributed by atoms with Crippen molar-refractivity contribution in [1.82, 2.24) is 21.3 Å². The minimum absolute atomic E-state index is 0.0193. The zero-order valence-corrected chi connectivity index (χ0v) is 25.2. The van der Waals surface area contributed by atoms with Crippen LogP contribution < -0.4 is 21.3 Å². The summed E-state index contributed by atoms with van der Waals surface area (Å²) in [6, 6.07) is 22.6. The second kappa shape index (κ2) is 15.5. The van der Waals surface area contributed by atoms with Gasteiger partial charge in [-0.3, -0.25) is 14.4 Å². The third kappa shape index (κ3) is 9.15. The highest BCUT2D eigenvalue weighted by Gasteiger charge is 2.30. The Kier molecular flexibility index (Phi) is 11.3. The van der Waals surface area contributed by atoms with E-state index in [1.807, 2.05) is 68.4 Å². The first-order valence-corrected chi connectivity index (χ1v) is 14.8. The van der Waals surface area contributed by atoms with E-state index in [4.69, 9.17) is 4.74 Å². The van der Waals surface area contributed by atoms with Gasteiger partial charge < -0.3 is 31.1 Å². The van der Waals surface area contributed by atoms with E-state index in [0.29, 0.717) is 0 Å². The molecule has 0 heterocycles. The fourth-order valence-corrected chi connectivity index (χ4v) is 5.31. The Morgan fingerprint density at radius 3 is 1.91 bits per heavy atom. The Morgan fingerprint density at radius 1 is 0.733 bits per heavy atom. The van der Waals surface area contributed by atoms with Gasteiger partial charge in [0.05, 0.1) is 6.54 Å². The minimum atomic E-state index is -1.17. The largest absolute Gasteiger partial charge is 0.480 e. The summed E-state index contributed by atoms with van der Waals surface area (Å²) in [6.45, 7) is 2.90. The van der Waals surface area contributed by atoms with E-state index < -0.39 is 55.0 Å². The SMILES string of the molecule is CC(C)C[C@H](NC(=O)[C@H](Cc1ccccc1)NC(=O)CNC(=O)CNC(=O)OCC1c2ccccc2-c2ccccc21)C(=O)O. The highest BCUT2D eigenvalue weighted by molar-refractivity contribution is 5.92. The van der Waals surface area contributed by atoms with Crippen molar-refractivity contribution in [2.75, 3.05) is 19.7 Å². The Labute approximate surface area is 261 Å². The summed E-state index contributed by atoms with van der Waals surface area (Å²) in [7, 11) is 0. The second-order valence-corrected chi connectivity index (χ2v) is 11.3.